The van der Waals surface area contributed by atoms with Crippen molar-refractivity contribution in [1.29, 1.82) is 0 Å². The summed E-state index contributed by atoms with van der Waals surface area (Å²) in [5.74, 6) is -1.38. The molecule has 0 saturated carbocycles. The molecule has 3 heterocycles. The number of aromatic hydroxyl groups is 3. The minimum Gasteiger partial charge on any atom is -0.508 e. The molecule has 2 aliphatic heterocycles. The highest BCUT2D eigenvalue weighted by atomic mass is 16.7. The summed E-state index contributed by atoms with van der Waals surface area (Å²) in [5.41, 5.74) is -0.952. The standard InChI is InChI=1S/C27H30O14/c1-9-19(31)22(34)25(37)27(39-9)38-8-16-20(32)23(35)24(36)26(41-16)18-13(30)7-15-17(21(18)33)12(29)6-14(40-15)10-2-4-11(28)5-3-10/h2-7,9,16,19-20,22-28,30-37H,8H2,1H3/t9?,16?,19-,20+,22?,23-,24?,25-,26-,27+/m0/s1. The lowest BCUT2D eigenvalue weighted by atomic mass is 9.89. The molecule has 41 heavy (non-hydrogen) atoms. The van der Waals surface area contributed by atoms with Crippen molar-refractivity contribution in [3.05, 3.63) is 52.2 Å². The maximum absolute atomic E-state index is 13.0. The number of fused-ring (bicyclic) bond motifs is 1. The molecule has 5 rings (SSSR count). The van der Waals surface area contributed by atoms with E-state index in [1.807, 2.05) is 0 Å². The van der Waals surface area contributed by atoms with Crippen LogP contribution in [0.3, 0.4) is 0 Å². The summed E-state index contributed by atoms with van der Waals surface area (Å²) in [6.45, 7) is 0.875. The van der Waals surface area contributed by atoms with E-state index in [1.165, 1.54) is 31.2 Å². The van der Waals surface area contributed by atoms with Gasteiger partial charge >= 0.3 is 0 Å². The highest BCUT2D eigenvalue weighted by molar-refractivity contribution is 5.88. The number of aliphatic hydroxyl groups is 6. The maximum atomic E-state index is 13.0. The number of phenolic OH excluding ortho intramolecular Hbond substituents is 3. The van der Waals surface area contributed by atoms with Gasteiger partial charge in [-0.3, -0.25) is 4.79 Å². The number of rotatable bonds is 5. The molecule has 222 valence electrons. The second kappa shape index (κ2) is 11.2. The molecule has 0 radical (unpaired) electrons. The van der Waals surface area contributed by atoms with Crippen molar-refractivity contribution in [3.63, 3.8) is 0 Å². The van der Waals surface area contributed by atoms with Crippen LogP contribution in [-0.4, -0.2) is 108 Å². The fourth-order valence-corrected chi connectivity index (χ4v) is 5.02. The van der Waals surface area contributed by atoms with Crippen LogP contribution in [0, 0.1) is 0 Å². The van der Waals surface area contributed by atoms with Crippen LogP contribution in [0.2, 0.25) is 0 Å². The lowest BCUT2D eigenvalue weighted by Crippen LogP contribution is -2.59. The average molecular weight is 579 g/mol. The Morgan fingerprint density at radius 1 is 0.805 bits per heavy atom. The van der Waals surface area contributed by atoms with Crippen molar-refractivity contribution in [2.24, 2.45) is 0 Å². The summed E-state index contributed by atoms with van der Waals surface area (Å²) in [6, 6.07) is 7.86. The monoisotopic (exact) mass is 578 g/mol. The lowest BCUT2D eigenvalue weighted by Gasteiger charge is -2.43. The SMILES string of the molecule is CC1O[C@@H](OCC2O[C@@H](c3c(O)cc4oc(-c5ccc(O)cc5)cc(=O)c4c3O)C(O)[C@@H](O)[C@@H]2O)[C@@H](O)C(O)[C@H]1O. The molecule has 10 atom stereocenters. The molecule has 2 aromatic carbocycles. The van der Waals surface area contributed by atoms with Gasteiger partial charge in [0.15, 0.2) is 11.7 Å². The molecular weight excluding hydrogens is 548 g/mol. The zero-order valence-corrected chi connectivity index (χ0v) is 21.5. The van der Waals surface area contributed by atoms with E-state index >= 15 is 0 Å². The van der Waals surface area contributed by atoms with Crippen molar-refractivity contribution < 1.29 is 64.6 Å². The summed E-state index contributed by atoms with van der Waals surface area (Å²) in [6.07, 6.45) is -15.6. The normalized spacial score (nSPS) is 34.1. The van der Waals surface area contributed by atoms with Gasteiger partial charge in [0.2, 0.25) is 0 Å². The van der Waals surface area contributed by atoms with Gasteiger partial charge in [-0.1, -0.05) is 0 Å². The van der Waals surface area contributed by atoms with Crippen LogP contribution >= 0.6 is 0 Å². The molecule has 9 N–H and O–H groups in total. The molecule has 14 heteroatoms. The quantitative estimate of drug-likeness (QED) is 0.175. The Morgan fingerprint density at radius 2 is 1.46 bits per heavy atom. The van der Waals surface area contributed by atoms with E-state index in [2.05, 4.69) is 0 Å². The van der Waals surface area contributed by atoms with E-state index in [-0.39, 0.29) is 22.5 Å². The number of phenols is 3. The summed E-state index contributed by atoms with van der Waals surface area (Å²) >= 11 is 0. The van der Waals surface area contributed by atoms with Gasteiger partial charge in [-0.25, -0.2) is 0 Å². The van der Waals surface area contributed by atoms with Gasteiger partial charge < -0.3 is 64.6 Å². The van der Waals surface area contributed by atoms with Crippen LogP contribution in [0.25, 0.3) is 22.3 Å². The van der Waals surface area contributed by atoms with Crippen molar-refractivity contribution in [2.45, 2.75) is 68.1 Å². The highest BCUT2D eigenvalue weighted by Crippen LogP contribution is 2.45. The van der Waals surface area contributed by atoms with Crippen LogP contribution in [0.4, 0.5) is 0 Å². The van der Waals surface area contributed by atoms with E-state index in [0.29, 0.717) is 5.56 Å². The predicted molar refractivity (Wildman–Crippen MR) is 137 cm³/mol. The fourth-order valence-electron chi connectivity index (χ4n) is 5.02. The van der Waals surface area contributed by atoms with E-state index in [9.17, 15) is 50.8 Å². The van der Waals surface area contributed by atoms with Crippen LogP contribution in [0.5, 0.6) is 17.2 Å². The van der Waals surface area contributed by atoms with Gasteiger partial charge in [0.1, 0.15) is 82.8 Å². The summed E-state index contributed by atoms with van der Waals surface area (Å²) in [5, 5.41) is 92.8. The van der Waals surface area contributed by atoms with Crippen LogP contribution in [0.1, 0.15) is 18.6 Å². The molecule has 1 aromatic heterocycles. The smallest absolute Gasteiger partial charge is 0.197 e. The lowest BCUT2D eigenvalue weighted by molar-refractivity contribution is -0.308. The number of hydrogen-bond acceptors (Lipinski definition) is 14. The maximum Gasteiger partial charge on any atom is 0.197 e. The van der Waals surface area contributed by atoms with Crippen molar-refractivity contribution >= 4 is 11.0 Å². The second-order valence-electron chi connectivity index (χ2n) is 10.1. The average Bonchev–Trinajstić information content (AvgIpc) is 2.93. The van der Waals surface area contributed by atoms with Gasteiger partial charge in [-0.05, 0) is 31.2 Å². The second-order valence-corrected chi connectivity index (χ2v) is 10.1. The minimum absolute atomic E-state index is 0.00717. The Labute approximate surface area is 231 Å². The molecule has 14 nitrogen and oxygen atoms in total. The number of hydrogen-bond donors (Lipinski definition) is 9. The largest absolute Gasteiger partial charge is 0.508 e. The topological polar surface area (TPSA) is 240 Å². The molecular formula is C27H30O14. The summed E-state index contributed by atoms with van der Waals surface area (Å²) in [4.78, 5) is 13.0. The molecule has 0 amide bonds. The molecule has 0 aliphatic carbocycles. The van der Waals surface area contributed by atoms with Gasteiger partial charge in [0.25, 0.3) is 0 Å². The first kappa shape index (κ1) is 29.2. The third-order valence-electron chi connectivity index (χ3n) is 7.39. The van der Waals surface area contributed by atoms with Crippen molar-refractivity contribution in [2.75, 3.05) is 6.61 Å². The van der Waals surface area contributed by atoms with Gasteiger partial charge in [-0.15, -0.1) is 0 Å². The first-order chi connectivity index (χ1) is 19.4. The highest BCUT2D eigenvalue weighted by Gasteiger charge is 2.48. The van der Waals surface area contributed by atoms with Crippen LogP contribution < -0.4 is 5.43 Å². The van der Waals surface area contributed by atoms with Gasteiger partial charge in [0, 0.05) is 17.7 Å². The van der Waals surface area contributed by atoms with E-state index in [0.717, 1.165) is 12.1 Å². The molecule has 0 spiro atoms. The Morgan fingerprint density at radius 3 is 2.15 bits per heavy atom. The van der Waals surface area contributed by atoms with E-state index in [1.54, 1.807) is 0 Å². The molecule has 3 aromatic rings. The fraction of sp³-hybridized carbons (Fsp3) is 0.444. The Balaban J connectivity index is 1.44. The van der Waals surface area contributed by atoms with Gasteiger partial charge in [0.05, 0.1) is 18.3 Å². The first-order valence-electron chi connectivity index (χ1n) is 12.7. The molecule has 2 saturated heterocycles. The zero-order valence-electron chi connectivity index (χ0n) is 21.5. The van der Waals surface area contributed by atoms with E-state index < -0.39 is 90.3 Å². The molecule has 0 bridgehead atoms. The molecule has 4 unspecified atom stereocenters. The molecule has 2 fully saturated rings. The predicted octanol–water partition coefficient (Wildman–Crippen LogP) is -1.06. The number of benzene rings is 2. The molecule has 2 aliphatic rings. The Bertz CT molecular complexity index is 1460. The minimum atomic E-state index is -1.88. The van der Waals surface area contributed by atoms with Crippen LogP contribution in [-0.2, 0) is 14.2 Å². The zero-order chi connectivity index (χ0) is 29.7. The summed E-state index contributed by atoms with van der Waals surface area (Å²) in [7, 11) is 0. The van der Waals surface area contributed by atoms with Crippen molar-refractivity contribution in [1.82, 2.24) is 0 Å². The third kappa shape index (κ3) is 5.25. The number of aliphatic hydroxyl groups excluding tert-OH is 6. The Kier molecular flexibility index (Phi) is 7.95. The van der Waals surface area contributed by atoms with Gasteiger partial charge in [-0.2, -0.15) is 0 Å². The number of ether oxygens (including phenoxy) is 3. The Hall–Kier alpha value is -3.31. The first-order valence-corrected chi connectivity index (χ1v) is 12.7. The third-order valence-corrected chi connectivity index (χ3v) is 7.39. The summed E-state index contributed by atoms with van der Waals surface area (Å²) < 4.78 is 22.2. The van der Waals surface area contributed by atoms with E-state index in [4.69, 9.17) is 18.6 Å². The van der Waals surface area contributed by atoms with Crippen molar-refractivity contribution in [3.8, 4) is 28.6 Å². The van der Waals surface area contributed by atoms with Crippen LogP contribution in [0.15, 0.2) is 45.6 Å².